The topological polar surface area (TPSA) is 22.9 Å². The van der Waals surface area contributed by atoms with Gasteiger partial charge in [0.2, 0.25) is 6.71 Å². The first kappa shape index (κ1) is 67.3. The minimum atomic E-state index is -0.682. The molecule has 16 aromatic rings. The van der Waals surface area contributed by atoms with Crippen LogP contribution in [0.3, 0.4) is 0 Å². The highest BCUT2D eigenvalue weighted by Gasteiger charge is 2.51. The molecule has 0 atom stereocenters. The first-order valence-electron chi connectivity index (χ1n) is 38.8. The molecule has 20 rings (SSSR count). The fourth-order valence-electron chi connectivity index (χ4n) is 18.9. The van der Waals surface area contributed by atoms with Gasteiger partial charge in [0.1, 0.15) is 11.2 Å². The van der Waals surface area contributed by atoms with Gasteiger partial charge in [-0.05, 0) is 172 Å². The van der Waals surface area contributed by atoms with Gasteiger partial charge in [-0.2, -0.15) is 0 Å². The van der Waals surface area contributed by atoms with Crippen LogP contribution < -0.4 is 31.1 Å². The van der Waals surface area contributed by atoms with Crippen LogP contribution >= 0.6 is 11.8 Å². The Morgan fingerprint density at radius 2 is 0.718 bits per heavy atom. The van der Waals surface area contributed by atoms with E-state index in [4.69, 9.17) is 4.42 Å². The zero-order chi connectivity index (χ0) is 74.6. The third kappa shape index (κ3) is 10.2. The van der Waals surface area contributed by atoms with E-state index in [9.17, 15) is 0 Å². The van der Waals surface area contributed by atoms with Crippen molar-refractivity contribution < 1.29 is 4.42 Å². The molecule has 0 aliphatic carbocycles. The second-order valence-electron chi connectivity index (χ2n) is 33.5. The molecule has 0 saturated heterocycles. The maximum absolute atomic E-state index is 6.93. The molecular formula is C104H84BN3OS. The number of anilines is 9. The maximum atomic E-state index is 6.93. The fourth-order valence-corrected chi connectivity index (χ4v) is 20.3. The van der Waals surface area contributed by atoms with Crippen LogP contribution in [0.25, 0.3) is 44.2 Å². The predicted molar refractivity (Wildman–Crippen MR) is 464 cm³/mol. The molecule has 0 bridgehead atoms. The molecule has 110 heavy (non-hydrogen) atoms. The second-order valence-corrected chi connectivity index (χ2v) is 34.5. The zero-order valence-corrected chi connectivity index (χ0v) is 64.5. The Bertz CT molecular complexity index is 6100. The summed E-state index contributed by atoms with van der Waals surface area (Å²) in [5, 5.41) is 2.26. The summed E-state index contributed by atoms with van der Waals surface area (Å²) >= 11 is 1.91. The Hall–Kier alpha value is -12.1. The van der Waals surface area contributed by atoms with E-state index in [1.165, 1.54) is 98.5 Å². The summed E-state index contributed by atoms with van der Waals surface area (Å²) in [4.78, 5) is 10.4. The summed E-state index contributed by atoms with van der Waals surface area (Å²) in [6.45, 7) is 21.0. The molecule has 530 valence electrons. The van der Waals surface area contributed by atoms with Gasteiger partial charge in [-0.3, -0.25) is 0 Å². The third-order valence-electron chi connectivity index (χ3n) is 24.1. The summed E-state index contributed by atoms with van der Waals surface area (Å²) in [5.74, 6) is 0. The number of rotatable bonds is 9. The van der Waals surface area contributed by atoms with Crippen LogP contribution in [0.1, 0.15) is 124 Å². The van der Waals surface area contributed by atoms with Crippen LogP contribution in [0.5, 0.6) is 0 Å². The lowest BCUT2D eigenvalue weighted by molar-refractivity contribution is 0.589. The lowest BCUT2D eigenvalue weighted by atomic mass is 9.34. The molecule has 6 heteroatoms. The number of para-hydroxylation sites is 5. The van der Waals surface area contributed by atoms with Crippen molar-refractivity contribution in [1.29, 1.82) is 0 Å². The monoisotopic (exact) mass is 1430 g/mol. The number of benzene rings is 15. The Morgan fingerprint density at radius 3 is 1.18 bits per heavy atom. The molecule has 0 saturated carbocycles. The number of nitrogens with zero attached hydrogens (tertiary/aromatic N) is 3. The zero-order valence-electron chi connectivity index (χ0n) is 63.6. The standard InChI is InChI=1S/C104H84BN3OS/c1-100(2,3)73-44-32-34-67(60-73)79-62-75(102(7,8)9)63-80(68-35-33-45-74(61-68)101(4,5)6)98(79)108-91-64-76(106-87-51-27-23-47-81(87)103(69-36-14-10-15-37-69,70-38-16-11-17-39-70)82-48-24-28-52-88(82)106)56-57-85(91)105-86-58-59-94-96(78-46-22-31-55-93(78)109-94)99(86)110-95-66-77(65-92(108)97(95)105)107-89-53-29-25-49-83(89)104(71-40-18-12-19-41-71,72-42-20-13-21-43-72)84-50-26-30-54-90(84)107/h10-66H,1-9H3. The Kier molecular flexibility index (Phi) is 15.4. The summed E-state index contributed by atoms with van der Waals surface area (Å²) < 4.78 is 6.93. The van der Waals surface area contributed by atoms with Crippen molar-refractivity contribution in [2.45, 2.75) is 99.2 Å². The van der Waals surface area contributed by atoms with Crippen LogP contribution in [-0.4, -0.2) is 6.71 Å². The summed E-state index contributed by atoms with van der Waals surface area (Å²) in [6, 6.07) is 132. The van der Waals surface area contributed by atoms with Gasteiger partial charge in [0, 0.05) is 54.4 Å². The van der Waals surface area contributed by atoms with Crippen LogP contribution in [0.4, 0.5) is 51.2 Å². The summed E-state index contributed by atoms with van der Waals surface area (Å²) in [6.07, 6.45) is 0. The highest BCUT2D eigenvalue weighted by Crippen LogP contribution is 2.62. The number of hydrogen-bond donors (Lipinski definition) is 0. The third-order valence-corrected chi connectivity index (χ3v) is 25.3. The van der Waals surface area contributed by atoms with E-state index in [0.29, 0.717) is 0 Å². The lowest BCUT2D eigenvalue weighted by Gasteiger charge is -2.48. The van der Waals surface area contributed by atoms with Gasteiger partial charge < -0.3 is 19.1 Å². The average Bonchev–Trinajstić information content (AvgIpc) is 0.740. The van der Waals surface area contributed by atoms with Crippen molar-refractivity contribution in [3.8, 4) is 22.3 Å². The van der Waals surface area contributed by atoms with Crippen molar-refractivity contribution in [2.24, 2.45) is 0 Å². The van der Waals surface area contributed by atoms with Gasteiger partial charge in [0.25, 0.3) is 0 Å². The van der Waals surface area contributed by atoms with Gasteiger partial charge in [-0.15, -0.1) is 0 Å². The molecule has 0 radical (unpaired) electrons. The fraction of sp³-hybridized carbons (Fsp3) is 0.135. The largest absolute Gasteiger partial charge is 0.456 e. The number of furan rings is 1. The molecule has 0 unspecified atom stereocenters. The van der Waals surface area contributed by atoms with Gasteiger partial charge in [0.05, 0.1) is 39.3 Å². The van der Waals surface area contributed by atoms with Gasteiger partial charge >= 0.3 is 0 Å². The van der Waals surface area contributed by atoms with E-state index < -0.39 is 10.8 Å². The normalized spacial score (nSPS) is 14.4. The van der Waals surface area contributed by atoms with E-state index in [0.717, 1.165) is 84.3 Å². The van der Waals surface area contributed by atoms with Gasteiger partial charge in [-0.25, -0.2) is 0 Å². The number of fused-ring (bicyclic) bond motifs is 12. The Balaban J connectivity index is 0.945. The minimum Gasteiger partial charge on any atom is -0.456 e. The molecule has 0 fully saturated rings. The minimum absolute atomic E-state index is 0.148. The summed E-state index contributed by atoms with van der Waals surface area (Å²) in [5.41, 5.74) is 31.8. The van der Waals surface area contributed by atoms with E-state index in [1.807, 2.05) is 11.8 Å². The molecular weight excluding hydrogens is 1350 g/mol. The molecule has 4 nitrogen and oxygen atoms in total. The molecule has 1 aromatic heterocycles. The lowest BCUT2D eigenvalue weighted by Crippen LogP contribution is -2.60. The van der Waals surface area contributed by atoms with E-state index in [2.05, 4.69) is 423 Å². The first-order chi connectivity index (χ1) is 53.5. The van der Waals surface area contributed by atoms with E-state index in [-0.39, 0.29) is 23.0 Å². The number of hydrogen-bond acceptors (Lipinski definition) is 5. The van der Waals surface area contributed by atoms with Crippen molar-refractivity contribution in [3.63, 3.8) is 0 Å². The highest BCUT2D eigenvalue weighted by atomic mass is 32.2. The van der Waals surface area contributed by atoms with Crippen molar-refractivity contribution in [2.75, 3.05) is 14.7 Å². The predicted octanol–water partition coefficient (Wildman–Crippen LogP) is 25.9. The maximum Gasteiger partial charge on any atom is 0.249 e. The van der Waals surface area contributed by atoms with Gasteiger partial charge in [0.15, 0.2) is 0 Å². The van der Waals surface area contributed by atoms with E-state index in [1.54, 1.807) is 0 Å². The summed E-state index contributed by atoms with van der Waals surface area (Å²) in [7, 11) is 0. The van der Waals surface area contributed by atoms with Gasteiger partial charge in [-0.1, -0.05) is 353 Å². The molecule has 0 N–H and O–H groups in total. The van der Waals surface area contributed by atoms with Crippen LogP contribution in [0.15, 0.2) is 360 Å². The smallest absolute Gasteiger partial charge is 0.249 e. The van der Waals surface area contributed by atoms with Crippen LogP contribution in [-0.2, 0) is 27.1 Å². The molecule has 4 aliphatic rings. The SMILES string of the molecule is CC(C)(C)c1cccc(-c2cc(C(C)(C)C)cc(-c3cccc(C(C)(C)C)c3)c2N2c3cc(N4c5ccccc5C(c5ccccc5)(c5ccccc5)c5ccccc54)ccc3B3c4ccc5oc6ccccc6c5c4Sc4cc(N5c6ccccc6C(c6ccccc6)(c6ccccc6)c6ccccc65)cc2c43)c1. The van der Waals surface area contributed by atoms with Crippen molar-refractivity contribution >= 4 is 108 Å². The molecule has 15 aromatic carbocycles. The Morgan fingerprint density at radius 1 is 0.309 bits per heavy atom. The van der Waals surface area contributed by atoms with Crippen molar-refractivity contribution in [1.82, 2.24) is 0 Å². The highest BCUT2D eigenvalue weighted by molar-refractivity contribution is 8.00. The Labute approximate surface area is 651 Å². The molecule has 4 aliphatic heterocycles. The molecule has 0 amide bonds. The molecule has 5 heterocycles. The van der Waals surface area contributed by atoms with Crippen LogP contribution in [0.2, 0.25) is 0 Å². The van der Waals surface area contributed by atoms with Crippen LogP contribution in [0, 0.1) is 0 Å². The first-order valence-corrected chi connectivity index (χ1v) is 39.6. The van der Waals surface area contributed by atoms with Crippen molar-refractivity contribution in [3.05, 3.63) is 407 Å². The quantitative estimate of drug-likeness (QED) is 0.134. The second kappa shape index (κ2) is 25.2. The van der Waals surface area contributed by atoms with E-state index >= 15 is 0 Å². The average molecular weight is 1430 g/mol. The molecule has 0 spiro atoms.